The maximum atomic E-state index is 11.5. The van der Waals surface area contributed by atoms with E-state index in [1.807, 2.05) is 11.8 Å². The molecule has 1 heterocycles. The van der Waals surface area contributed by atoms with E-state index in [9.17, 15) is 9.90 Å². The van der Waals surface area contributed by atoms with Crippen molar-refractivity contribution in [3.05, 3.63) is 0 Å². The molecular weight excluding hydrogens is 166 g/mol. The number of rotatable bonds is 1. The summed E-state index contributed by atoms with van der Waals surface area (Å²) in [6.45, 7) is 2.69. The zero-order chi connectivity index (χ0) is 9.42. The highest BCUT2D eigenvalue weighted by molar-refractivity contribution is 5.76. The topological polar surface area (TPSA) is 40.5 Å². The fourth-order valence-corrected chi connectivity index (χ4v) is 2.61. The number of amides is 1. The Morgan fingerprint density at radius 3 is 2.92 bits per heavy atom. The molecular formula is C10H17NO2. The summed E-state index contributed by atoms with van der Waals surface area (Å²) >= 11 is 0. The third-order valence-corrected chi connectivity index (χ3v) is 3.41. The van der Waals surface area contributed by atoms with E-state index in [-0.39, 0.29) is 12.0 Å². The zero-order valence-corrected chi connectivity index (χ0v) is 8.07. The first-order valence-electron chi connectivity index (χ1n) is 5.20. The highest BCUT2D eigenvalue weighted by Gasteiger charge is 2.41. The summed E-state index contributed by atoms with van der Waals surface area (Å²) in [6.07, 6.45) is 3.32. The zero-order valence-electron chi connectivity index (χ0n) is 8.07. The fourth-order valence-electron chi connectivity index (χ4n) is 2.61. The third-order valence-electron chi connectivity index (χ3n) is 3.41. The minimum atomic E-state index is -0.161. The number of hydrogen-bond donors (Lipinski definition) is 1. The molecule has 1 saturated heterocycles. The highest BCUT2D eigenvalue weighted by Crippen LogP contribution is 2.35. The molecule has 2 rings (SSSR count). The lowest BCUT2D eigenvalue weighted by molar-refractivity contribution is -0.131. The quantitative estimate of drug-likeness (QED) is 0.652. The van der Waals surface area contributed by atoms with Gasteiger partial charge in [0, 0.05) is 24.9 Å². The lowest BCUT2D eigenvalue weighted by atomic mass is 9.88. The molecule has 1 aliphatic heterocycles. The molecule has 2 bridgehead atoms. The average molecular weight is 183 g/mol. The number of aliphatic hydroxyl groups is 1. The van der Waals surface area contributed by atoms with Gasteiger partial charge in [0.2, 0.25) is 5.91 Å². The van der Waals surface area contributed by atoms with Crippen LogP contribution in [0.4, 0.5) is 0 Å². The van der Waals surface area contributed by atoms with Crippen molar-refractivity contribution in [3.8, 4) is 0 Å². The number of fused-ring (bicyclic) bond motifs is 2. The van der Waals surface area contributed by atoms with Crippen LogP contribution in [0.5, 0.6) is 0 Å². The van der Waals surface area contributed by atoms with Crippen molar-refractivity contribution >= 4 is 5.91 Å². The van der Waals surface area contributed by atoms with Crippen LogP contribution >= 0.6 is 0 Å². The summed E-state index contributed by atoms with van der Waals surface area (Å²) in [5.74, 6) is 0.607. The lowest BCUT2D eigenvalue weighted by Crippen LogP contribution is -2.34. The summed E-state index contributed by atoms with van der Waals surface area (Å²) in [5, 5.41) is 9.63. The van der Waals surface area contributed by atoms with E-state index in [2.05, 4.69) is 0 Å². The summed E-state index contributed by atoms with van der Waals surface area (Å²) < 4.78 is 0. The predicted octanol–water partition coefficient (Wildman–Crippen LogP) is 0.768. The van der Waals surface area contributed by atoms with Crippen LogP contribution in [0, 0.1) is 5.92 Å². The van der Waals surface area contributed by atoms with Crippen molar-refractivity contribution in [3.63, 3.8) is 0 Å². The summed E-state index contributed by atoms with van der Waals surface area (Å²) in [6, 6.07) is 0.431. The van der Waals surface area contributed by atoms with E-state index in [4.69, 9.17) is 0 Å². The minimum absolute atomic E-state index is 0.161. The van der Waals surface area contributed by atoms with Crippen LogP contribution in [0.15, 0.2) is 0 Å². The molecule has 3 atom stereocenters. The van der Waals surface area contributed by atoms with Crippen molar-refractivity contribution in [2.45, 2.75) is 44.8 Å². The van der Waals surface area contributed by atoms with Gasteiger partial charge in [-0.2, -0.15) is 0 Å². The largest absolute Gasteiger partial charge is 0.393 e. The maximum Gasteiger partial charge on any atom is 0.222 e. The number of likely N-dealkylation sites (tertiary alicyclic amines) is 1. The Kier molecular flexibility index (Phi) is 2.28. The van der Waals surface area contributed by atoms with Crippen molar-refractivity contribution in [2.24, 2.45) is 5.92 Å². The second-order valence-corrected chi connectivity index (χ2v) is 4.19. The Labute approximate surface area is 78.7 Å². The molecule has 0 aromatic heterocycles. The molecule has 1 aliphatic carbocycles. The minimum Gasteiger partial charge on any atom is -0.393 e. The van der Waals surface area contributed by atoms with Gasteiger partial charge in [-0.05, 0) is 19.3 Å². The predicted molar refractivity (Wildman–Crippen MR) is 49.1 cm³/mol. The molecule has 1 amide bonds. The third kappa shape index (κ3) is 1.46. The molecule has 1 saturated carbocycles. The van der Waals surface area contributed by atoms with Crippen molar-refractivity contribution in [1.82, 2.24) is 4.90 Å². The molecule has 0 spiro atoms. The fraction of sp³-hybridized carbons (Fsp3) is 0.900. The van der Waals surface area contributed by atoms with E-state index in [1.54, 1.807) is 0 Å². The van der Waals surface area contributed by atoms with Crippen LogP contribution in [-0.4, -0.2) is 34.6 Å². The maximum absolute atomic E-state index is 11.5. The van der Waals surface area contributed by atoms with E-state index in [1.165, 1.54) is 0 Å². The molecule has 0 radical (unpaired) electrons. The summed E-state index contributed by atoms with van der Waals surface area (Å²) in [4.78, 5) is 13.5. The monoisotopic (exact) mass is 183 g/mol. The van der Waals surface area contributed by atoms with Gasteiger partial charge in [0.15, 0.2) is 0 Å². The Hall–Kier alpha value is -0.570. The van der Waals surface area contributed by atoms with Crippen LogP contribution < -0.4 is 0 Å². The molecule has 3 unspecified atom stereocenters. The van der Waals surface area contributed by atoms with Crippen LogP contribution in [-0.2, 0) is 4.79 Å². The normalized spacial score (nSPS) is 38.0. The Morgan fingerprint density at radius 2 is 2.31 bits per heavy atom. The van der Waals surface area contributed by atoms with Gasteiger partial charge in [-0.1, -0.05) is 6.92 Å². The Balaban J connectivity index is 2.06. The first-order valence-corrected chi connectivity index (χ1v) is 5.20. The number of carbonyl (C=O) groups is 1. The van der Waals surface area contributed by atoms with Gasteiger partial charge in [-0.3, -0.25) is 4.79 Å². The number of nitrogens with zero attached hydrogens (tertiary/aromatic N) is 1. The van der Waals surface area contributed by atoms with Gasteiger partial charge in [0.25, 0.3) is 0 Å². The first kappa shape index (κ1) is 9.00. The van der Waals surface area contributed by atoms with E-state index >= 15 is 0 Å². The Morgan fingerprint density at radius 1 is 1.54 bits per heavy atom. The number of aliphatic hydroxyl groups excluding tert-OH is 1. The molecule has 0 aromatic rings. The van der Waals surface area contributed by atoms with Crippen molar-refractivity contribution < 1.29 is 9.90 Å². The van der Waals surface area contributed by atoms with E-state index in [0.717, 1.165) is 25.8 Å². The van der Waals surface area contributed by atoms with Crippen molar-refractivity contribution in [1.29, 1.82) is 0 Å². The smallest absolute Gasteiger partial charge is 0.222 e. The van der Waals surface area contributed by atoms with Gasteiger partial charge in [-0.25, -0.2) is 0 Å². The highest BCUT2D eigenvalue weighted by atomic mass is 16.3. The summed E-state index contributed by atoms with van der Waals surface area (Å²) in [5.41, 5.74) is 0. The number of carbonyl (C=O) groups excluding carboxylic acids is 1. The van der Waals surface area contributed by atoms with E-state index in [0.29, 0.717) is 18.4 Å². The van der Waals surface area contributed by atoms with Gasteiger partial charge >= 0.3 is 0 Å². The molecule has 0 aromatic carbocycles. The molecule has 74 valence electrons. The molecule has 3 heteroatoms. The molecule has 3 nitrogen and oxygen atoms in total. The molecule has 1 N–H and O–H groups in total. The van der Waals surface area contributed by atoms with Crippen LogP contribution in [0.2, 0.25) is 0 Å². The Bertz CT molecular complexity index is 217. The number of hydrogen-bond acceptors (Lipinski definition) is 2. The van der Waals surface area contributed by atoms with Crippen LogP contribution in [0.25, 0.3) is 0 Å². The van der Waals surface area contributed by atoms with Gasteiger partial charge < -0.3 is 10.0 Å². The first-order chi connectivity index (χ1) is 6.22. The van der Waals surface area contributed by atoms with Crippen LogP contribution in [0.1, 0.15) is 32.6 Å². The lowest BCUT2D eigenvalue weighted by Gasteiger charge is -2.25. The second-order valence-electron chi connectivity index (χ2n) is 4.19. The summed E-state index contributed by atoms with van der Waals surface area (Å²) in [7, 11) is 0. The van der Waals surface area contributed by atoms with Crippen molar-refractivity contribution in [2.75, 3.05) is 6.54 Å². The molecule has 13 heavy (non-hydrogen) atoms. The molecule has 2 fully saturated rings. The standard InChI is InChI=1S/C10H17NO2/c1-2-10(13)11-6-7-5-8(11)3-4-9(7)12/h7-9,12H,2-6H2,1H3. The molecule has 2 aliphatic rings. The van der Waals surface area contributed by atoms with Gasteiger partial charge in [-0.15, -0.1) is 0 Å². The van der Waals surface area contributed by atoms with Crippen LogP contribution in [0.3, 0.4) is 0 Å². The van der Waals surface area contributed by atoms with Gasteiger partial charge in [0.05, 0.1) is 6.10 Å². The van der Waals surface area contributed by atoms with E-state index < -0.39 is 0 Å². The average Bonchev–Trinajstić information content (AvgIpc) is 2.50. The van der Waals surface area contributed by atoms with Gasteiger partial charge in [0.1, 0.15) is 0 Å². The SMILES string of the molecule is CCC(=O)N1CC2CC1CCC2O. The second kappa shape index (κ2) is 3.29.